The van der Waals surface area contributed by atoms with E-state index in [-0.39, 0.29) is 11.5 Å². The molecule has 1 saturated heterocycles. The number of rotatable bonds is 4. The summed E-state index contributed by atoms with van der Waals surface area (Å²) < 4.78 is 5.32. The van der Waals surface area contributed by atoms with Crippen LogP contribution in [-0.4, -0.2) is 58.7 Å². The molecule has 0 spiro atoms. The standard InChI is InChI=1S/C21H26N2O5/c1-13-8-9-16-17(12-13)20(26)23(19(16)25)14(2)21(27)28-15(3)18(24)22-10-6-4-5-7-11-22/h8-9,12,14-15H,4-7,10-11H2,1-3H3. The van der Waals surface area contributed by atoms with Crippen LogP contribution in [0.3, 0.4) is 0 Å². The highest BCUT2D eigenvalue weighted by molar-refractivity contribution is 6.22. The summed E-state index contributed by atoms with van der Waals surface area (Å²) in [4.78, 5) is 53.0. The predicted molar refractivity (Wildman–Crippen MR) is 102 cm³/mol. The number of carbonyl (C=O) groups excluding carboxylic acids is 4. The molecule has 7 heteroatoms. The second kappa shape index (κ2) is 8.12. The third kappa shape index (κ3) is 3.79. The number of aryl methyl sites for hydroxylation is 1. The van der Waals surface area contributed by atoms with E-state index in [1.807, 2.05) is 6.92 Å². The van der Waals surface area contributed by atoms with Crippen molar-refractivity contribution in [2.75, 3.05) is 13.1 Å². The van der Waals surface area contributed by atoms with Crippen molar-refractivity contribution in [3.63, 3.8) is 0 Å². The van der Waals surface area contributed by atoms with E-state index in [1.54, 1.807) is 23.1 Å². The molecule has 2 unspecified atom stereocenters. The minimum absolute atomic E-state index is 0.236. The summed E-state index contributed by atoms with van der Waals surface area (Å²) in [6.45, 7) is 6.13. The average molecular weight is 386 g/mol. The predicted octanol–water partition coefficient (Wildman–Crippen LogP) is 2.31. The maximum absolute atomic E-state index is 12.6. The minimum atomic E-state index is -1.10. The van der Waals surface area contributed by atoms with Gasteiger partial charge >= 0.3 is 5.97 Å². The number of nitrogens with zero attached hydrogens (tertiary/aromatic N) is 2. The molecule has 0 saturated carbocycles. The first-order valence-electron chi connectivity index (χ1n) is 9.79. The highest BCUT2D eigenvalue weighted by Crippen LogP contribution is 2.26. The van der Waals surface area contributed by atoms with Gasteiger partial charge in [-0.1, -0.05) is 24.5 Å². The van der Waals surface area contributed by atoms with Crippen molar-refractivity contribution in [1.29, 1.82) is 0 Å². The molecule has 7 nitrogen and oxygen atoms in total. The molecule has 0 bridgehead atoms. The zero-order chi connectivity index (χ0) is 20.4. The van der Waals surface area contributed by atoms with Gasteiger partial charge in [0, 0.05) is 13.1 Å². The van der Waals surface area contributed by atoms with Gasteiger partial charge in [-0.2, -0.15) is 0 Å². The molecule has 2 aliphatic rings. The lowest BCUT2D eigenvalue weighted by Gasteiger charge is -2.26. The number of carbonyl (C=O) groups is 4. The largest absolute Gasteiger partial charge is 0.451 e. The molecular weight excluding hydrogens is 360 g/mol. The van der Waals surface area contributed by atoms with E-state index in [0.717, 1.165) is 36.1 Å². The Morgan fingerprint density at radius 3 is 2.21 bits per heavy atom. The van der Waals surface area contributed by atoms with Gasteiger partial charge in [-0.05, 0) is 45.7 Å². The molecule has 1 aromatic rings. The first-order chi connectivity index (χ1) is 13.3. The number of likely N-dealkylation sites (tertiary alicyclic amines) is 1. The van der Waals surface area contributed by atoms with E-state index in [1.165, 1.54) is 13.8 Å². The van der Waals surface area contributed by atoms with Crippen LogP contribution in [0, 0.1) is 6.92 Å². The Kier molecular flexibility index (Phi) is 5.82. The van der Waals surface area contributed by atoms with Crippen LogP contribution in [0.1, 0.15) is 65.8 Å². The number of benzene rings is 1. The maximum Gasteiger partial charge on any atom is 0.329 e. The molecule has 0 aromatic heterocycles. The Bertz CT molecular complexity index is 811. The molecule has 3 rings (SSSR count). The number of hydrogen-bond acceptors (Lipinski definition) is 5. The maximum atomic E-state index is 12.6. The fourth-order valence-electron chi connectivity index (χ4n) is 3.70. The number of amides is 3. The summed E-state index contributed by atoms with van der Waals surface area (Å²) in [5.74, 6) is -2.03. The molecule has 0 N–H and O–H groups in total. The Hall–Kier alpha value is -2.70. The van der Waals surface area contributed by atoms with Crippen molar-refractivity contribution >= 4 is 23.7 Å². The van der Waals surface area contributed by atoms with E-state index in [0.29, 0.717) is 18.7 Å². The van der Waals surface area contributed by atoms with Gasteiger partial charge in [0.15, 0.2) is 6.10 Å². The fraction of sp³-hybridized carbons (Fsp3) is 0.524. The fourth-order valence-corrected chi connectivity index (χ4v) is 3.70. The molecular formula is C21H26N2O5. The van der Waals surface area contributed by atoms with Crippen LogP contribution in [0.5, 0.6) is 0 Å². The molecule has 0 radical (unpaired) electrons. The summed E-state index contributed by atoms with van der Waals surface area (Å²) in [7, 11) is 0. The number of ether oxygens (including phenoxy) is 1. The second-order valence-electron chi connectivity index (χ2n) is 7.52. The van der Waals surface area contributed by atoms with Crippen molar-refractivity contribution in [3.05, 3.63) is 34.9 Å². The van der Waals surface area contributed by atoms with Crippen LogP contribution in [0.25, 0.3) is 0 Å². The number of esters is 1. The van der Waals surface area contributed by atoms with Crippen molar-refractivity contribution < 1.29 is 23.9 Å². The smallest absolute Gasteiger partial charge is 0.329 e. The monoisotopic (exact) mass is 386 g/mol. The van der Waals surface area contributed by atoms with Crippen molar-refractivity contribution in [2.45, 2.75) is 58.6 Å². The summed E-state index contributed by atoms with van der Waals surface area (Å²) >= 11 is 0. The lowest BCUT2D eigenvalue weighted by atomic mass is 10.1. The van der Waals surface area contributed by atoms with Gasteiger partial charge in [-0.3, -0.25) is 19.3 Å². The highest BCUT2D eigenvalue weighted by atomic mass is 16.5. The second-order valence-corrected chi connectivity index (χ2v) is 7.52. The minimum Gasteiger partial charge on any atom is -0.451 e. The first kappa shape index (κ1) is 20.0. The van der Waals surface area contributed by atoms with Crippen molar-refractivity contribution in [1.82, 2.24) is 9.80 Å². The topological polar surface area (TPSA) is 84.0 Å². The molecule has 1 aromatic carbocycles. The van der Waals surface area contributed by atoms with Gasteiger partial charge in [0.25, 0.3) is 17.7 Å². The van der Waals surface area contributed by atoms with E-state index in [9.17, 15) is 19.2 Å². The van der Waals surface area contributed by atoms with Crippen LogP contribution < -0.4 is 0 Å². The Labute approximate surface area is 164 Å². The zero-order valence-corrected chi connectivity index (χ0v) is 16.6. The van der Waals surface area contributed by atoms with Crippen LogP contribution in [-0.2, 0) is 14.3 Å². The molecule has 2 aliphatic heterocycles. The van der Waals surface area contributed by atoms with Gasteiger partial charge in [-0.15, -0.1) is 0 Å². The molecule has 2 heterocycles. The highest BCUT2D eigenvalue weighted by Gasteiger charge is 2.42. The van der Waals surface area contributed by atoms with E-state index < -0.39 is 29.9 Å². The van der Waals surface area contributed by atoms with Gasteiger partial charge in [0.2, 0.25) is 0 Å². The van der Waals surface area contributed by atoms with Crippen LogP contribution in [0.4, 0.5) is 0 Å². The zero-order valence-electron chi connectivity index (χ0n) is 16.6. The molecule has 28 heavy (non-hydrogen) atoms. The van der Waals surface area contributed by atoms with Crippen LogP contribution in [0.15, 0.2) is 18.2 Å². The Morgan fingerprint density at radius 2 is 1.57 bits per heavy atom. The first-order valence-corrected chi connectivity index (χ1v) is 9.79. The number of imide groups is 1. The van der Waals surface area contributed by atoms with Gasteiger partial charge in [-0.25, -0.2) is 4.79 Å². The summed E-state index contributed by atoms with van der Waals surface area (Å²) in [6, 6.07) is 3.87. The van der Waals surface area contributed by atoms with E-state index in [2.05, 4.69) is 0 Å². The summed E-state index contributed by atoms with van der Waals surface area (Å²) in [5, 5.41) is 0. The Morgan fingerprint density at radius 1 is 0.964 bits per heavy atom. The van der Waals surface area contributed by atoms with Crippen LogP contribution in [0.2, 0.25) is 0 Å². The molecule has 2 atom stereocenters. The van der Waals surface area contributed by atoms with Gasteiger partial charge in [0.05, 0.1) is 11.1 Å². The summed E-state index contributed by atoms with van der Waals surface area (Å²) in [5.41, 5.74) is 1.43. The summed E-state index contributed by atoms with van der Waals surface area (Å²) in [6.07, 6.45) is 3.11. The lowest BCUT2D eigenvalue weighted by molar-refractivity contribution is -0.161. The normalized spacial score (nSPS) is 19.1. The number of fused-ring (bicyclic) bond motifs is 1. The molecule has 3 amide bonds. The molecule has 0 aliphatic carbocycles. The molecule has 1 fully saturated rings. The third-order valence-electron chi connectivity index (χ3n) is 5.36. The van der Waals surface area contributed by atoms with Crippen molar-refractivity contribution in [3.8, 4) is 0 Å². The van der Waals surface area contributed by atoms with Gasteiger partial charge < -0.3 is 9.64 Å². The quantitative estimate of drug-likeness (QED) is 0.586. The van der Waals surface area contributed by atoms with Crippen molar-refractivity contribution in [2.24, 2.45) is 0 Å². The Balaban J connectivity index is 1.67. The van der Waals surface area contributed by atoms with E-state index in [4.69, 9.17) is 4.74 Å². The third-order valence-corrected chi connectivity index (χ3v) is 5.36. The van der Waals surface area contributed by atoms with Crippen LogP contribution >= 0.6 is 0 Å². The van der Waals surface area contributed by atoms with Gasteiger partial charge in [0.1, 0.15) is 6.04 Å². The van der Waals surface area contributed by atoms with E-state index >= 15 is 0 Å². The average Bonchev–Trinajstić information content (AvgIpc) is 2.86. The number of hydrogen-bond donors (Lipinski definition) is 0. The molecule has 150 valence electrons. The lowest BCUT2D eigenvalue weighted by Crippen LogP contribution is -2.47. The SMILES string of the molecule is Cc1ccc2c(c1)C(=O)N(C(C)C(=O)OC(C)C(=O)N1CCCCCC1)C2=O.